The first-order valence-electron chi connectivity index (χ1n) is 9.89. The minimum Gasteiger partial charge on any atom is -0.332 e. The summed E-state index contributed by atoms with van der Waals surface area (Å²) in [4.78, 5) is 15.4. The topological polar surface area (TPSA) is 44.1 Å². The third kappa shape index (κ3) is 4.68. The van der Waals surface area contributed by atoms with Gasteiger partial charge in [-0.1, -0.05) is 62.3 Å². The van der Waals surface area contributed by atoms with Gasteiger partial charge < -0.3 is 4.90 Å². The van der Waals surface area contributed by atoms with Gasteiger partial charge in [-0.15, -0.1) is 0 Å². The number of rotatable bonds is 4. The molecular weight excluding hydrogens is 344 g/mol. The van der Waals surface area contributed by atoms with E-state index in [0.29, 0.717) is 17.1 Å². The molecule has 2 fully saturated rings. The molecule has 0 saturated heterocycles. The highest BCUT2D eigenvalue weighted by Crippen LogP contribution is 2.31. The Kier molecular flexibility index (Phi) is 6.74. The molecular formula is C22H27ClN2O. The molecule has 138 valence electrons. The van der Waals surface area contributed by atoms with Gasteiger partial charge in [0.2, 0.25) is 0 Å². The molecule has 2 aliphatic rings. The minimum absolute atomic E-state index is 0.0822. The quantitative estimate of drug-likeness (QED) is 0.501. The number of hydrogen-bond acceptors (Lipinski definition) is 2. The van der Waals surface area contributed by atoms with Gasteiger partial charge in [-0.05, 0) is 49.5 Å². The Morgan fingerprint density at radius 1 is 0.962 bits per heavy atom. The standard InChI is InChI=1S/C22H27ClN2O/c23-19-13-11-17(12-14-19)15-18(16-24)22(26)25(20-7-3-1-4-8-20)21-9-5-2-6-10-21/h11-15,20-21H,1-10H2/b18-15+. The Balaban J connectivity index is 1.86. The third-order valence-electron chi connectivity index (χ3n) is 5.70. The highest BCUT2D eigenvalue weighted by atomic mass is 35.5. The molecule has 4 heteroatoms. The van der Waals surface area contributed by atoms with Crippen LogP contribution >= 0.6 is 11.6 Å². The van der Waals surface area contributed by atoms with Crippen LogP contribution in [0.2, 0.25) is 5.02 Å². The molecule has 0 aromatic heterocycles. The normalized spacial score (nSPS) is 19.8. The minimum atomic E-state index is -0.0822. The summed E-state index contributed by atoms with van der Waals surface area (Å²) in [7, 11) is 0. The van der Waals surface area contributed by atoms with E-state index >= 15 is 0 Å². The summed E-state index contributed by atoms with van der Waals surface area (Å²) in [5, 5.41) is 10.3. The maximum Gasteiger partial charge on any atom is 0.265 e. The molecule has 0 heterocycles. The van der Waals surface area contributed by atoms with Crippen LogP contribution in [-0.4, -0.2) is 22.9 Å². The molecule has 0 unspecified atom stereocenters. The Morgan fingerprint density at radius 2 is 1.46 bits per heavy atom. The van der Waals surface area contributed by atoms with Crippen molar-refractivity contribution in [3.63, 3.8) is 0 Å². The van der Waals surface area contributed by atoms with Gasteiger partial charge in [0.1, 0.15) is 11.6 Å². The van der Waals surface area contributed by atoms with Crippen molar-refractivity contribution >= 4 is 23.6 Å². The van der Waals surface area contributed by atoms with Gasteiger partial charge in [0.05, 0.1) is 0 Å². The molecule has 0 bridgehead atoms. The van der Waals surface area contributed by atoms with Crippen LogP contribution in [0.15, 0.2) is 29.8 Å². The number of hydrogen-bond donors (Lipinski definition) is 0. The van der Waals surface area contributed by atoms with Gasteiger partial charge in [0, 0.05) is 17.1 Å². The lowest BCUT2D eigenvalue weighted by Crippen LogP contribution is -2.49. The zero-order chi connectivity index (χ0) is 18.4. The van der Waals surface area contributed by atoms with E-state index in [1.165, 1.54) is 38.5 Å². The number of carbonyl (C=O) groups excluding carboxylic acids is 1. The third-order valence-corrected chi connectivity index (χ3v) is 5.95. The fourth-order valence-electron chi connectivity index (χ4n) is 4.35. The number of nitrogens with zero attached hydrogens (tertiary/aromatic N) is 2. The zero-order valence-corrected chi connectivity index (χ0v) is 16.0. The SMILES string of the molecule is N#C/C(=C\c1ccc(Cl)cc1)C(=O)N(C1CCCCC1)C1CCCCC1. The van der Waals surface area contributed by atoms with Crippen LogP contribution in [0.1, 0.15) is 69.8 Å². The lowest BCUT2D eigenvalue weighted by atomic mass is 9.88. The van der Waals surface area contributed by atoms with Crippen LogP contribution in [0.4, 0.5) is 0 Å². The van der Waals surface area contributed by atoms with Gasteiger partial charge in [-0.2, -0.15) is 5.26 Å². The highest BCUT2D eigenvalue weighted by molar-refractivity contribution is 6.30. The molecule has 1 aromatic rings. The first-order valence-corrected chi connectivity index (χ1v) is 10.3. The van der Waals surface area contributed by atoms with E-state index in [0.717, 1.165) is 31.2 Å². The van der Waals surface area contributed by atoms with Crippen molar-refractivity contribution in [1.82, 2.24) is 4.90 Å². The van der Waals surface area contributed by atoms with Crippen LogP contribution in [0.5, 0.6) is 0 Å². The summed E-state index contributed by atoms with van der Waals surface area (Å²) in [5.41, 5.74) is 1.08. The van der Waals surface area contributed by atoms with E-state index in [4.69, 9.17) is 11.6 Å². The lowest BCUT2D eigenvalue weighted by molar-refractivity contribution is -0.133. The molecule has 3 nitrogen and oxygen atoms in total. The number of halogens is 1. The Bertz CT molecular complexity index is 659. The fourth-order valence-corrected chi connectivity index (χ4v) is 4.48. The van der Waals surface area contributed by atoms with Gasteiger partial charge in [-0.25, -0.2) is 0 Å². The van der Waals surface area contributed by atoms with Gasteiger partial charge in [0.25, 0.3) is 5.91 Å². The van der Waals surface area contributed by atoms with E-state index in [1.54, 1.807) is 18.2 Å². The smallest absolute Gasteiger partial charge is 0.265 e. The summed E-state index contributed by atoms with van der Waals surface area (Å²) in [6.07, 6.45) is 13.2. The van der Waals surface area contributed by atoms with E-state index in [-0.39, 0.29) is 11.5 Å². The molecule has 0 N–H and O–H groups in total. The lowest BCUT2D eigenvalue weighted by Gasteiger charge is -2.41. The highest BCUT2D eigenvalue weighted by Gasteiger charge is 2.33. The first kappa shape index (κ1) is 19.0. The number of nitriles is 1. The Morgan fingerprint density at radius 3 is 1.92 bits per heavy atom. The maximum absolute atomic E-state index is 13.4. The molecule has 1 amide bonds. The molecule has 0 atom stereocenters. The number of carbonyl (C=O) groups is 1. The first-order chi connectivity index (χ1) is 12.7. The molecule has 26 heavy (non-hydrogen) atoms. The summed E-state index contributed by atoms with van der Waals surface area (Å²) < 4.78 is 0. The van der Waals surface area contributed by atoms with Gasteiger partial charge in [-0.3, -0.25) is 4.79 Å². The molecule has 3 rings (SSSR count). The molecule has 2 aliphatic carbocycles. The van der Waals surface area contributed by atoms with Crippen LogP contribution < -0.4 is 0 Å². The summed E-state index contributed by atoms with van der Waals surface area (Å²) in [6.45, 7) is 0. The second kappa shape index (κ2) is 9.24. The van der Waals surface area contributed by atoms with Crippen molar-refractivity contribution in [2.24, 2.45) is 0 Å². The van der Waals surface area contributed by atoms with E-state index in [9.17, 15) is 10.1 Å². The summed E-state index contributed by atoms with van der Waals surface area (Å²) in [6, 6.07) is 10.0. The molecule has 0 spiro atoms. The largest absolute Gasteiger partial charge is 0.332 e. The van der Waals surface area contributed by atoms with Crippen molar-refractivity contribution < 1.29 is 4.79 Å². The van der Waals surface area contributed by atoms with Crippen molar-refractivity contribution in [2.75, 3.05) is 0 Å². The molecule has 2 saturated carbocycles. The maximum atomic E-state index is 13.4. The van der Waals surface area contributed by atoms with Crippen LogP contribution in [0, 0.1) is 11.3 Å². The van der Waals surface area contributed by atoms with Crippen LogP contribution in [0.25, 0.3) is 6.08 Å². The second-order valence-corrected chi connectivity index (χ2v) is 7.95. The van der Waals surface area contributed by atoms with E-state index in [1.807, 2.05) is 12.1 Å². The van der Waals surface area contributed by atoms with Gasteiger partial charge in [0.15, 0.2) is 0 Å². The predicted octanol–water partition coefficient (Wildman–Crippen LogP) is 5.74. The van der Waals surface area contributed by atoms with Crippen molar-refractivity contribution in [1.29, 1.82) is 5.26 Å². The van der Waals surface area contributed by atoms with E-state index in [2.05, 4.69) is 11.0 Å². The van der Waals surface area contributed by atoms with Gasteiger partial charge >= 0.3 is 0 Å². The van der Waals surface area contributed by atoms with Crippen LogP contribution in [-0.2, 0) is 4.79 Å². The summed E-state index contributed by atoms with van der Waals surface area (Å²) >= 11 is 5.94. The fraction of sp³-hybridized carbons (Fsp3) is 0.545. The number of amides is 1. The van der Waals surface area contributed by atoms with Crippen molar-refractivity contribution in [2.45, 2.75) is 76.3 Å². The van der Waals surface area contributed by atoms with Crippen molar-refractivity contribution in [3.05, 3.63) is 40.4 Å². The zero-order valence-electron chi connectivity index (χ0n) is 15.3. The Hall–Kier alpha value is -1.79. The van der Waals surface area contributed by atoms with Crippen molar-refractivity contribution in [3.8, 4) is 6.07 Å². The number of benzene rings is 1. The second-order valence-electron chi connectivity index (χ2n) is 7.52. The predicted molar refractivity (Wildman–Crippen MR) is 106 cm³/mol. The van der Waals surface area contributed by atoms with Crippen LogP contribution in [0.3, 0.4) is 0 Å². The Labute approximate surface area is 161 Å². The molecule has 0 aliphatic heterocycles. The summed E-state index contributed by atoms with van der Waals surface area (Å²) in [5.74, 6) is -0.0822. The monoisotopic (exact) mass is 370 g/mol. The molecule has 1 aromatic carbocycles. The molecule has 0 radical (unpaired) electrons. The average Bonchev–Trinajstić information content (AvgIpc) is 2.69. The van der Waals surface area contributed by atoms with E-state index < -0.39 is 0 Å². The average molecular weight is 371 g/mol.